The molecule has 1 heterocycles. The van der Waals surface area contributed by atoms with Crippen LogP contribution >= 0.6 is 0 Å². The Balaban J connectivity index is 2.62. The van der Waals surface area contributed by atoms with Gasteiger partial charge < -0.3 is 13.9 Å². The van der Waals surface area contributed by atoms with Crippen LogP contribution in [-0.2, 0) is 9.47 Å². The van der Waals surface area contributed by atoms with Gasteiger partial charge in [-0.1, -0.05) is 0 Å². The summed E-state index contributed by atoms with van der Waals surface area (Å²) in [5.41, 5.74) is 0.117. The van der Waals surface area contributed by atoms with Crippen LogP contribution in [0.25, 0.3) is 0 Å². The zero-order valence-electron chi connectivity index (χ0n) is 12.0. The first kappa shape index (κ1) is 15.4. The molecule has 0 amide bonds. The smallest absolute Gasteiger partial charge is 0.341 e. The minimum Gasteiger partial charge on any atom is -0.460 e. The van der Waals surface area contributed by atoms with Crippen molar-refractivity contribution in [1.29, 1.82) is 0 Å². The number of hydrogen-bond donors (Lipinski definition) is 0. The van der Waals surface area contributed by atoms with Crippen molar-refractivity contribution in [1.82, 2.24) is 0 Å². The molecule has 1 rings (SSSR count). The largest absolute Gasteiger partial charge is 0.460 e. The van der Waals surface area contributed by atoms with Gasteiger partial charge in [-0.05, 0) is 40.2 Å². The Kier molecular flexibility index (Phi) is 4.89. The molecule has 0 aliphatic rings. The van der Waals surface area contributed by atoms with Crippen molar-refractivity contribution in [3.8, 4) is 0 Å². The van der Waals surface area contributed by atoms with Crippen LogP contribution in [0.1, 0.15) is 42.5 Å². The number of esters is 1. The van der Waals surface area contributed by atoms with E-state index in [1.807, 2.05) is 20.8 Å². The van der Waals surface area contributed by atoms with Crippen molar-refractivity contribution in [2.45, 2.75) is 40.2 Å². The van der Waals surface area contributed by atoms with Crippen molar-refractivity contribution in [3.05, 3.63) is 33.4 Å². The summed E-state index contributed by atoms with van der Waals surface area (Å²) in [5, 5.41) is 0. The zero-order valence-corrected chi connectivity index (χ0v) is 12.0. The zero-order chi connectivity index (χ0) is 14.6. The maximum atomic E-state index is 11.9. The average molecular weight is 268 g/mol. The quantitative estimate of drug-likeness (QED) is 0.619. The second kappa shape index (κ2) is 6.02. The van der Waals surface area contributed by atoms with E-state index in [1.165, 1.54) is 6.07 Å². The molecule has 0 radical (unpaired) electrons. The molecule has 0 spiro atoms. The minimum absolute atomic E-state index is 0.161. The van der Waals surface area contributed by atoms with Crippen LogP contribution in [-0.4, -0.2) is 24.8 Å². The van der Waals surface area contributed by atoms with Crippen LogP contribution in [0.5, 0.6) is 0 Å². The number of carbonyl (C=O) groups excluding carboxylic acids is 1. The summed E-state index contributed by atoms with van der Waals surface area (Å²) in [5.74, 6) is -0.233. The summed E-state index contributed by atoms with van der Waals surface area (Å²) >= 11 is 0. The molecule has 5 nitrogen and oxygen atoms in total. The van der Waals surface area contributed by atoms with Gasteiger partial charge in [0, 0.05) is 6.07 Å². The summed E-state index contributed by atoms with van der Waals surface area (Å²) in [7, 11) is 0. The van der Waals surface area contributed by atoms with E-state index < -0.39 is 11.6 Å². The van der Waals surface area contributed by atoms with Crippen LogP contribution in [0.2, 0.25) is 0 Å². The van der Waals surface area contributed by atoms with E-state index in [-0.39, 0.29) is 18.0 Å². The topological polar surface area (TPSA) is 65.7 Å². The van der Waals surface area contributed by atoms with E-state index in [9.17, 15) is 9.59 Å². The standard InChI is InChI=1S/C14H20O5/c1-9-8-11(15)19-10(2)12(9)13(16)17-6-7-18-14(3,4)5/h8H,6-7H2,1-5H3. The second-order valence-electron chi connectivity index (χ2n) is 5.28. The first-order valence-corrected chi connectivity index (χ1v) is 6.13. The van der Waals surface area contributed by atoms with Crippen LogP contribution < -0.4 is 5.63 Å². The van der Waals surface area contributed by atoms with Crippen LogP contribution in [0.3, 0.4) is 0 Å². The van der Waals surface area contributed by atoms with Gasteiger partial charge in [-0.25, -0.2) is 9.59 Å². The lowest BCUT2D eigenvalue weighted by atomic mass is 10.1. The van der Waals surface area contributed by atoms with Gasteiger partial charge in [0.1, 0.15) is 17.9 Å². The molecule has 0 atom stereocenters. The summed E-state index contributed by atoms with van der Waals surface area (Å²) in [4.78, 5) is 23.0. The van der Waals surface area contributed by atoms with E-state index in [2.05, 4.69) is 0 Å². The Morgan fingerprint density at radius 1 is 1.26 bits per heavy atom. The molecule has 106 valence electrons. The van der Waals surface area contributed by atoms with Gasteiger partial charge in [-0.3, -0.25) is 0 Å². The molecule has 19 heavy (non-hydrogen) atoms. The third-order valence-electron chi connectivity index (χ3n) is 2.39. The van der Waals surface area contributed by atoms with E-state index >= 15 is 0 Å². The van der Waals surface area contributed by atoms with Gasteiger partial charge in [0.05, 0.1) is 12.2 Å². The predicted octanol–water partition coefficient (Wildman–Crippen LogP) is 2.23. The van der Waals surface area contributed by atoms with Crippen LogP contribution in [0.15, 0.2) is 15.3 Å². The van der Waals surface area contributed by atoms with Gasteiger partial charge in [0.2, 0.25) is 0 Å². The van der Waals surface area contributed by atoms with E-state index in [0.29, 0.717) is 17.7 Å². The van der Waals surface area contributed by atoms with E-state index in [0.717, 1.165) is 0 Å². The summed E-state index contributed by atoms with van der Waals surface area (Å²) in [6.07, 6.45) is 0. The molecule has 0 aliphatic carbocycles. The first-order valence-electron chi connectivity index (χ1n) is 6.13. The number of carbonyl (C=O) groups is 1. The number of rotatable bonds is 4. The highest BCUT2D eigenvalue weighted by molar-refractivity contribution is 5.91. The van der Waals surface area contributed by atoms with Crippen LogP contribution in [0.4, 0.5) is 0 Å². The minimum atomic E-state index is -0.503. The van der Waals surface area contributed by atoms with Crippen molar-refractivity contribution in [2.75, 3.05) is 13.2 Å². The van der Waals surface area contributed by atoms with E-state index in [4.69, 9.17) is 13.9 Å². The monoisotopic (exact) mass is 268 g/mol. The van der Waals surface area contributed by atoms with Gasteiger partial charge in [-0.15, -0.1) is 0 Å². The third-order valence-corrected chi connectivity index (χ3v) is 2.39. The number of hydrogen-bond acceptors (Lipinski definition) is 5. The van der Waals surface area contributed by atoms with Gasteiger partial charge in [0.15, 0.2) is 0 Å². The average Bonchev–Trinajstić information content (AvgIpc) is 2.21. The van der Waals surface area contributed by atoms with E-state index in [1.54, 1.807) is 13.8 Å². The van der Waals surface area contributed by atoms with Gasteiger partial charge >= 0.3 is 11.6 Å². The van der Waals surface area contributed by atoms with Gasteiger partial charge in [0.25, 0.3) is 0 Å². The summed E-state index contributed by atoms with van der Waals surface area (Å²) in [6, 6.07) is 1.27. The van der Waals surface area contributed by atoms with Crippen molar-refractivity contribution < 1.29 is 18.7 Å². The Morgan fingerprint density at radius 3 is 2.42 bits per heavy atom. The molecule has 0 fully saturated rings. The fraction of sp³-hybridized carbons (Fsp3) is 0.571. The Hall–Kier alpha value is -1.62. The Bertz CT molecular complexity index is 481. The highest BCUT2D eigenvalue weighted by Gasteiger charge is 2.17. The molecule has 0 bridgehead atoms. The fourth-order valence-electron chi connectivity index (χ4n) is 1.62. The molecule has 0 saturated carbocycles. The summed E-state index contributed by atoms with van der Waals surface area (Å²) in [6.45, 7) is 9.50. The van der Waals surface area contributed by atoms with Crippen molar-refractivity contribution in [2.24, 2.45) is 0 Å². The highest BCUT2D eigenvalue weighted by Crippen LogP contribution is 2.12. The van der Waals surface area contributed by atoms with Crippen molar-refractivity contribution in [3.63, 3.8) is 0 Å². The lowest BCUT2D eigenvalue weighted by Gasteiger charge is -2.19. The number of aryl methyl sites for hydroxylation is 2. The number of ether oxygens (including phenoxy) is 2. The van der Waals surface area contributed by atoms with Gasteiger partial charge in [-0.2, -0.15) is 0 Å². The molecule has 5 heteroatoms. The molecule has 0 aliphatic heterocycles. The third kappa shape index (κ3) is 4.87. The fourth-order valence-corrected chi connectivity index (χ4v) is 1.62. The predicted molar refractivity (Wildman–Crippen MR) is 70.4 cm³/mol. The van der Waals surface area contributed by atoms with Crippen LogP contribution in [0, 0.1) is 13.8 Å². The molecule has 0 N–H and O–H groups in total. The SMILES string of the molecule is Cc1cc(=O)oc(C)c1C(=O)OCCOC(C)(C)C. The summed E-state index contributed by atoms with van der Waals surface area (Å²) < 4.78 is 15.4. The Morgan fingerprint density at radius 2 is 1.89 bits per heavy atom. The maximum Gasteiger partial charge on any atom is 0.341 e. The highest BCUT2D eigenvalue weighted by atomic mass is 16.6. The van der Waals surface area contributed by atoms with Crippen molar-refractivity contribution >= 4 is 5.97 Å². The molecule has 1 aromatic heterocycles. The molecule has 0 saturated heterocycles. The lowest BCUT2D eigenvalue weighted by Crippen LogP contribution is -2.23. The molecule has 1 aromatic rings. The normalized spacial score (nSPS) is 11.4. The lowest BCUT2D eigenvalue weighted by molar-refractivity contribution is -0.0282. The molecule has 0 aromatic carbocycles. The molecular formula is C14H20O5. The molecule has 0 unspecified atom stereocenters. The second-order valence-corrected chi connectivity index (χ2v) is 5.28. The molecular weight excluding hydrogens is 248 g/mol. The maximum absolute atomic E-state index is 11.9. The Labute approximate surface area is 112 Å². The first-order chi connectivity index (χ1) is 8.70.